The fourth-order valence-corrected chi connectivity index (χ4v) is 2.32. The Labute approximate surface area is 118 Å². The second kappa shape index (κ2) is 5.08. The molecular formula is C18H16O2. The van der Waals surface area contributed by atoms with Crippen LogP contribution in [0.25, 0.3) is 16.7 Å². The lowest BCUT2D eigenvalue weighted by molar-refractivity contribution is -0.114. The average Bonchev–Trinajstić information content (AvgIpc) is 2.48. The van der Waals surface area contributed by atoms with E-state index in [1.807, 2.05) is 24.3 Å². The molecule has 0 saturated carbocycles. The van der Waals surface area contributed by atoms with Gasteiger partial charge < -0.3 is 10.2 Å². The Morgan fingerprint density at radius 2 is 1.35 bits per heavy atom. The number of hydrogen-bond donors (Lipinski definition) is 2. The Balaban J connectivity index is 1.85. The zero-order valence-electron chi connectivity index (χ0n) is 11.0. The SMILES string of the molecule is OC1(O)C=CC(c2ccc(-c3ccccc3)cc2)=CC1. The van der Waals surface area contributed by atoms with Gasteiger partial charge in [0.05, 0.1) is 0 Å². The fraction of sp³-hybridized carbons (Fsp3) is 0.111. The molecule has 2 nitrogen and oxygen atoms in total. The van der Waals surface area contributed by atoms with Gasteiger partial charge in [0, 0.05) is 6.42 Å². The molecule has 0 spiro atoms. The second-order valence-electron chi connectivity index (χ2n) is 5.02. The van der Waals surface area contributed by atoms with Crippen molar-refractivity contribution in [1.82, 2.24) is 0 Å². The molecule has 1 aliphatic carbocycles. The summed E-state index contributed by atoms with van der Waals surface area (Å²) in [5.74, 6) is -1.70. The molecule has 2 aromatic rings. The summed E-state index contributed by atoms with van der Waals surface area (Å²) in [7, 11) is 0. The minimum Gasteiger partial charge on any atom is -0.362 e. The average molecular weight is 264 g/mol. The highest BCUT2D eigenvalue weighted by Crippen LogP contribution is 2.27. The highest BCUT2D eigenvalue weighted by atomic mass is 16.5. The van der Waals surface area contributed by atoms with Crippen LogP contribution in [0.2, 0.25) is 0 Å². The van der Waals surface area contributed by atoms with Crippen molar-refractivity contribution < 1.29 is 10.2 Å². The smallest absolute Gasteiger partial charge is 0.186 e. The summed E-state index contributed by atoms with van der Waals surface area (Å²) < 4.78 is 0. The van der Waals surface area contributed by atoms with Gasteiger partial charge in [-0.15, -0.1) is 0 Å². The lowest BCUT2D eigenvalue weighted by Crippen LogP contribution is -2.25. The minimum absolute atomic E-state index is 0.221. The van der Waals surface area contributed by atoms with E-state index in [0.717, 1.165) is 11.1 Å². The van der Waals surface area contributed by atoms with Crippen LogP contribution >= 0.6 is 0 Å². The third-order valence-corrected chi connectivity index (χ3v) is 3.48. The van der Waals surface area contributed by atoms with E-state index in [4.69, 9.17) is 0 Å². The van der Waals surface area contributed by atoms with Gasteiger partial charge in [0.2, 0.25) is 0 Å². The van der Waals surface area contributed by atoms with Crippen LogP contribution in [0.4, 0.5) is 0 Å². The molecule has 0 heterocycles. The van der Waals surface area contributed by atoms with Gasteiger partial charge in [-0.1, -0.05) is 66.7 Å². The van der Waals surface area contributed by atoms with E-state index in [-0.39, 0.29) is 6.42 Å². The van der Waals surface area contributed by atoms with Crippen molar-refractivity contribution >= 4 is 5.57 Å². The van der Waals surface area contributed by atoms with Crippen LogP contribution in [0, 0.1) is 0 Å². The molecule has 0 aliphatic heterocycles. The van der Waals surface area contributed by atoms with E-state index in [9.17, 15) is 10.2 Å². The number of allylic oxidation sites excluding steroid dienone is 2. The van der Waals surface area contributed by atoms with Gasteiger partial charge in [0.25, 0.3) is 0 Å². The van der Waals surface area contributed by atoms with E-state index in [2.05, 4.69) is 36.4 Å². The highest BCUT2D eigenvalue weighted by Gasteiger charge is 2.20. The predicted octanol–water partition coefficient (Wildman–Crippen LogP) is 3.38. The van der Waals surface area contributed by atoms with Crippen LogP contribution < -0.4 is 0 Å². The monoisotopic (exact) mass is 264 g/mol. The van der Waals surface area contributed by atoms with E-state index >= 15 is 0 Å². The minimum atomic E-state index is -1.70. The Bertz CT molecular complexity index is 650. The lowest BCUT2D eigenvalue weighted by Gasteiger charge is -2.20. The standard InChI is InChI=1S/C18H16O2/c19-18(20)12-10-17(11-13-18)16-8-6-15(7-9-16)14-4-2-1-3-5-14/h1-12,19-20H,13H2. The van der Waals surface area contributed by atoms with Gasteiger partial charge >= 0.3 is 0 Å². The molecule has 0 unspecified atom stereocenters. The first-order valence-electron chi connectivity index (χ1n) is 6.64. The van der Waals surface area contributed by atoms with Gasteiger partial charge in [0.1, 0.15) is 0 Å². The van der Waals surface area contributed by atoms with Crippen LogP contribution in [-0.2, 0) is 0 Å². The summed E-state index contributed by atoms with van der Waals surface area (Å²) in [6.07, 6.45) is 5.24. The number of benzene rings is 2. The van der Waals surface area contributed by atoms with Crippen molar-refractivity contribution in [3.8, 4) is 11.1 Å². The molecule has 20 heavy (non-hydrogen) atoms. The maximum Gasteiger partial charge on any atom is 0.186 e. The van der Waals surface area contributed by atoms with Crippen LogP contribution in [0.5, 0.6) is 0 Å². The summed E-state index contributed by atoms with van der Waals surface area (Å²) in [6, 6.07) is 18.5. The maximum atomic E-state index is 9.46. The molecule has 1 aliphatic rings. The predicted molar refractivity (Wildman–Crippen MR) is 80.8 cm³/mol. The molecule has 0 atom stereocenters. The van der Waals surface area contributed by atoms with Crippen LogP contribution in [0.15, 0.2) is 72.8 Å². The van der Waals surface area contributed by atoms with E-state index in [1.54, 1.807) is 6.08 Å². The topological polar surface area (TPSA) is 40.5 Å². The van der Waals surface area contributed by atoms with Gasteiger partial charge in [-0.25, -0.2) is 0 Å². The summed E-state index contributed by atoms with van der Waals surface area (Å²) in [5.41, 5.74) is 4.46. The van der Waals surface area contributed by atoms with E-state index in [0.29, 0.717) is 0 Å². The van der Waals surface area contributed by atoms with Crippen LogP contribution in [0.1, 0.15) is 12.0 Å². The first-order chi connectivity index (χ1) is 9.64. The molecule has 0 aromatic heterocycles. The summed E-state index contributed by atoms with van der Waals surface area (Å²) >= 11 is 0. The highest BCUT2D eigenvalue weighted by molar-refractivity contribution is 5.77. The lowest BCUT2D eigenvalue weighted by atomic mass is 9.95. The Kier molecular flexibility index (Phi) is 3.26. The quantitative estimate of drug-likeness (QED) is 0.816. The molecule has 0 amide bonds. The maximum absolute atomic E-state index is 9.46. The van der Waals surface area contributed by atoms with Crippen molar-refractivity contribution in [2.75, 3.05) is 0 Å². The van der Waals surface area contributed by atoms with Gasteiger partial charge in [-0.2, -0.15) is 0 Å². The van der Waals surface area contributed by atoms with Crippen LogP contribution in [0.3, 0.4) is 0 Å². The molecule has 0 saturated heterocycles. The molecule has 2 N–H and O–H groups in total. The fourth-order valence-electron chi connectivity index (χ4n) is 2.32. The van der Waals surface area contributed by atoms with E-state index < -0.39 is 5.79 Å². The third-order valence-electron chi connectivity index (χ3n) is 3.48. The van der Waals surface area contributed by atoms with Crippen molar-refractivity contribution in [2.24, 2.45) is 0 Å². The van der Waals surface area contributed by atoms with Crippen molar-refractivity contribution in [1.29, 1.82) is 0 Å². The molecule has 2 aromatic carbocycles. The van der Waals surface area contributed by atoms with E-state index in [1.165, 1.54) is 17.2 Å². The van der Waals surface area contributed by atoms with Crippen molar-refractivity contribution in [2.45, 2.75) is 12.2 Å². The molecule has 2 heteroatoms. The largest absolute Gasteiger partial charge is 0.362 e. The Hall–Kier alpha value is -2.16. The molecule has 0 radical (unpaired) electrons. The normalized spacial score (nSPS) is 16.8. The molecule has 0 fully saturated rings. The van der Waals surface area contributed by atoms with Crippen molar-refractivity contribution in [3.63, 3.8) is 0 Å². The molecule has 100 valence electrons. The van der Waals surface area contributed by atoms with Crippen molar-refractivity contribution in [3.05, 3.63) is 78.4 Å². The number of aliphatic hydroxyl groups is 2. The Morgan fingerprint density at radius 3 is 1.95 bits per heavy atom. The zero-order chi connectivity index (χ0) is 14.0. The first-order valence-corrected chi connectivity index (χ1v) is 6.64. The number of hydrogen-bond acceptors (Lipinski definition) is 2. The van der Waals surface area contributed by atoms with Crippen LogP contribution in [-0.4, -0.2) is 16.0 Å². The summed E-state index contributed by atoms with van der Waals surface area (Å²) in [6.45, 7) is 0. The summed E-state index contributed by atoms with van der Waals surface area (Å²) in [4.78, 5) is 0. The van der Waals surface area contributed by atoms with Gasteiger partial charge in [-0.3, -0.25) is 0 Å². The number of rotatable bonds is 2. The third kappa shape index (κ3) is 2.72. The van der Waals surface area contributed by atoms with Gasteiger partial charge in [-0.05, 0) is 28.3 Å². The second-order valence-corrected chi connectivity index (χ2v) is 5.02. The van der Waals surface area contributed by atoms with Gasteiger partial charge in [0.15, 0.2) is 5.79 Å². The summed E-state index contributed by atoms with van der Waals surface area (Å²) in [5, 5.41) is 18.9. The zero-order valence-corrected chi connectivity index (χ0v) is 11.0. The molecular weight excluding hydrogens is 248 g/mol. The Morgan fingerprint density at radius 1 is 0.750 bits per heavy atom. The first kappa shape index (κ1) is 12.9. The molecule has 3 rings (SSSR count). The molecule has 0 bridgehead atoms.